The van der Waals surface area contributed by atoms with Crippen LogP contribution in [0.25, 0.3) is 0 Å². The second-order valence-corrected chi connectivity index (χ2v) is 8.03. The molecule has 0 aliphatic carbocycles. The highest BCUT2D eigenvalue weighted by Gasteiger charge is 2.65. The van der Waals surface area contributed by atoms with E-state index in [1.807, 2.05) is 52.3 Å². The Hall–Kier alpha value is -2.86. The van der Waals surface area contributed by atoms with Crippen molar-refractivity contribution in [2.45, 2.75) is 43.5 Å². The second kappa shape index (κ2) is 6.88. The van der Waals surface area contributed by atoms with Gasteiger partial charge in [0.05, 0.1) is 25.1 Å². The van der Waals surface area contributed by atoms with Crippen molar-refractivity contribution in [1.29, 1.82) is 0 Å². The highest BCUT2D eigenvalue weighted by atomic mass is 16.5. The number of ether oxygens (including phenoxy) is 1. The fourth-order valence-corrected chi connectivity index (χ4v) is 5.17. The third kappa shape index (κ3) is 2.82. The van der Waals surface area contributed by atoms with Gasteiger partial charge in [-0.05, 0) is 23.6 Å². The van der Waals surface area contributed by atoms with Crippen molar-refractivity contribution >= 4 is 11.8 Å². The van der Waals surface area contributed by atoms with Gasteiger partial charge >= 0.3 is 0 Å². The van der Waals surface area contributed by atoms with Crippen LogP contribution in [0.3, 0.4) is 0 Å². The topological polar surface area (TPSA) is 70.1 Å². The van der Waals surface area contributed by atoms with Gasteiger partial charge in [-0.3, -0.25) is 9.59 Å². The third-order valence-electron chi connectivity index (χ3n) is 6.56. The van der Waals surface area contributed by atoms with Crippen LogP contribution in [-0.4, -0.2) is 51.6 Å². The van der Waals surface area contributed by atoms with Crippen LogP contribution in [0.2, 0.25) is 0 Å². The lowest BCUT2D eigenvalue weighted by Crippen LogP contribution is -2.49. The molecule has 6 heteroatoms. The lowest BCUT2D eigenvalue weighted by molar-refractivity contribution is -0.141. The van der Waals surface area contributed by atoms with Crippen molar-refractivity contribution in [3.8, 4) is 5.75 Å². The van der Waals surface area contributed by atoms with Gasteiger partial charge in [0.25, 0.3) is 0 Å². The fourth-order valence-electron chi connectivity index (χ4n) is 5.17. The Morgan fingerprint density at radius 1 is 1.14 bits per heavy atom. The molecule has 0 unspecified atom stereocenters. The number of likely N-dealkylation sites (tertiary alicyclic amines) is 1. The van der Waals surface area contributed by atoms with E-state index in [9.17, 15) is 14.7 Å². The zero-order valence-corrected chi connectivity index (χ0v) is 16.2. The maximum atomic E-state index is 13.0. The number of benzene rings is 2. The van der Waals surface area contributed by atoms with Gasteiger partial charge in [0.2, 0.25) is 11.8 Å². The zero-order valence-electron chi connectivity index (χ0n) is 16.2. The molecule has 3 aliphatic rings. The minimum absolute atomic E-state index is 0.0107. The first kappa shape index (κ1) is 18.2. The van der Waals surface area contributed by atoms with Crippen molar-refractivity contribution in [1.82, 2.24) is 9.80 Å². The van der Waals surface area contributed by atoms with Crippen molar-refractivity contribution in [2.24, 2.45) is 0 Å². The van der Waals surface area contributed by atoms with Gasteiger partial charge in [-0.1, -0.05) is 48.5 Å². The quantitative estimate of drug-likeness (QED) is 0.868. The Morgan fingerprint density at radius 2 is 1.90 bits per heavy atom. The number of rotatable bonds is 4. The molecule has 2 amide bonds. The summed E-state index contributed by atoms with van der Waals surface area (Å²) in [7, 11) is 0. The molecule has 3 saturated heterocycles. The molecular weight excluding hydrogens is 368 g/mol. The summed E-state index contributed by atoms with van der Waals surface area (Å²) < 4.78 is 6.26. The van der Waals surface area contributed by atoms with E-state index in [-0.39, 0.29) is 29.6 Å². The van der Waals surface area contributed by atoms with Gasteiger partial charge in [0, 0.05) is 19.4 Å². The van der Waals surface area contributed by atoms with E-state index < -0.39 is 5.72 Å². The Labute approximate surface area is 169 Å². The highest BCUT2D eigenvalue weighted by molar-refractivity contribution is 5.85. The number of aromatic hydroxyl groups is 1. The first-order valence-electron chi connectivity index (χ1n) is 10.2. The molecule has 5 rings (SSSR count). The number of hydrogen-bond acceptors (Lipinski definition) is 4. The zero-order chi connectivity index (χ0) is 20.0. The van der Waals surface area contributed by atoms with E-state index in [0.29, 0.717) is 38.8 Å². The number of aryl methyl sites for hydroxylation is 1. The van der Waals surface area contributed by atoms with E-state index in [4.69, 9.17) is 4.74 Å². The molecule has 2 aromatic carbocycles. The first-order chi connectivity index (χ1) is 14.1. The molecule has 0 radical (unpaired) electrons. The van der Waals surface area contributed by atoms with Crippen LogP contribution < -0.4 is 0 Å². The molecule has 150 valence electrons. The number of carbonyl (C=O) groups is 2. The van der Waals surface area contributed by atoms with Gasteiger partial charge < -0.3 is 19.6 Å². The molecule has 0 aromatic heterocycles. The Balaban J connectivity index is 1.33. The molecular formula is C23H24N2O4. The van der Waals surface area contributed by atoms with Crippen LogP contribution in [0, 0.1) is 0 Å². The van der Waals surface area contributed by atoms with Crippen molar-refractivity contribution in [3.63, 3.8) is 0 Å². The minimum Gasteiger partial charge on any atom is -0.508 e. The van der Waals surface area contributed by atoms with Crippen molar-refractivity contribution in [3.05, 3.63) is 65.7 Å². The highest BCUT2D eigenvalue weighted by Crippen LogP contribution is 2.51. The lowest BCUT2D eigenvalue weighted by Gasteiger charge is -2.33. The predicted octanol–water partition coefficient (Wildman–Crippen LogP) is 2.63. The fraction of sp³-hybridized carbons (Fsp3) is 0.391. The van der Waals surface area contributed by atoms with Gasteiger partial charge in [-0.15, -0.1) is 0 Å². The summed E-state index contributed by atoms with van der Waals surface area (Å²) in [6.45, 7) is 1.06. The summed E-state index contributed by atoms with van der Waals surface area (Å²) in [4.78, 5) is 29.6. The maximum absolute atomic E-state index is 13.0. The second-order valence-electron chi connectivity index (χ2n) is 8.03. The van der Waals surface area contributed by atoms with Gasteiger partial charge in [-0.2, -0.15) is 0 Å². The van der Waals surface area contributed by atoms with Crippen molar-refractivity contribution in [2.75, 3.05) is 13.2 Å². The van der Waals surface area contributed by atoms with Crippen molar-refractivity contribution < 1.29 is 19.4 Å². The average molecular weight is 392 g/mol. The molecule has 3 fully saturated rings. The summed E-state index contributed by atoms with van der Waals surface area (Å²) >= 11 is 0. The molecule has 3 heterocycles. The smallest absolute Gasteiger partial charge is 0.227 e. The van der Waals surface area contributed by atoms with Crippen LogP contribution >= 0.6 is 0 Å². The Morgan fingerprint density at radius 3 is 2.69 bits per heavy atom. The normalized spacial score (nSPS) is 27.9. The maximum Gasteiger partial charge on any atom is 0.227 e. The standard InChI is InChI=1S/C23H24N2O4/c26-19-9-5-4-8-17(19)10-11-21(27)24-13-12-23-20(24)14-22(28)25(23)18(15-29-23)16-6-2-1-3-7-16/h1-9,18,20,26H,10-15H2/t18-,20+,23-/m0/s1. The Kier molecular flexibility index (Phi) is 4.32. The molecule has 6 nitrogen and oxygen atoms in total. The average Bonchev–Trinajstić information content (AvgIpc) is 3.37. The van der Waals surface area contributed by atoms with Crippen LogP contribution in [0.4, 0.5) is 0 Å². The van der Waals surface area contributed by atoms with E-state index in [2.05, 4.69) is 0 Å². The number of carbonyl (C=O) groups excluding carboxylic acids is 2. The van der Waals surface area contributed by atoms with Gasteiger partial charge in [0.15, 0.2) is 5.72 Å². The molecule has 0 saturated carbocycles. The predicted molar refractivity (Wildman–Crippen MR) is 106 cm³/mol. The molecule has 3 atom stereocenters. The molecule has 1 N–H and O–H groups in total. The largest absolute Gasteiger partial charge is 0.508 e. The SMILES string of the molecule is O=C(CCc1ccccc1O)N1CC[C@@]23OC[C@@H](c4ccccc4)N2C(=O)C[C@@H]13. The van der Waals surface area contributed by atoms with Crippen LogP contribution in [0.5, 0.6) is 5.75 Å². The van der Waals surface area contributed by atoms with E-state index in [1.165, 1.54) is 0 Å². The summed E-state index contributed by atoms with van der Waals surface area (Å²) in [6.07, 6.45) is 1.74. The molecule has 0 bridgehead atoms. The number of phenols is 1. The summed E-state index contributed by atoms with van der Waals surface area (Å²) in [5.74, 6) is 0.279. The van der Waals surface area contributed by atoms with Gasteiger partial charge in [0.1, 0.15) is 5.75 Å². The minimum atomic E-state index is -0.692. The van der Waals surface area contributed by atoms with E-state index in [1.54, 1.807) is 12.1 Å². The monoisotopic (exact) mass is 392 g/mol. The van der Waals surface area contributed by atoms with Gasteiger partial charge in [-0.25, -0.2) is 0 Å². The number of amides is 2. The summed E-state index contributed by atoms with van der Waals surface area (Å²) in [5.41, 5.74) is 1.14. The Bertz CT molecular complexity index is 947. The van der Waals surface area contributed by atoms with Crippen LogP contribution in [-0.2, 0) is 20.7 Å². The number of hydrogen-bond donors (Lipinski definition) is 1. The summed E-state index contributed by atoms with van der Waals surface area (Å²) in [5, 5.41) is 9.94. The number of phenolic OH excluding ortho intramolecular Hbond substituents is 1. The molecule has 1 spiro atoms. The molecule has 3 aliphatic heterocycles. The molecule has 2 aromatic rings. The number of nitrogens with zero attached hydrogens (tertiary/aromatic N) is 2. The van der Waals surface area contributed by atoms with Crippen LogP contribution in [0.15, 0.2) is 54.6 Å². The summed E-state index contributed by atoms with van der Waals surface area (Å²) in [6, 6.07) is 16.7. The third-order valence-corrected chi connectivity index (χ3v) is 6.56. The van der Waals surface area contributed by atoms with Crippen LogP contribution in [0.1, 0.15) is 36.4 Å². The number of para-hydroxylation sites is 1. The van der Waals surface area contributed by atoms with E-state index in [0.717, 1.165) is 11.1 Å². The molecule has 29 heavy (non-hydrogen) atoms. The lowest BCUT2D eigenvalue weighted by atomic mass is 10.0. The first-order valence-corrected chi connectivity index (χ1v) is 10.2. The van der Waals surface area contributed by atoms with E-state index >= 15 is 0 Å².